The van der Waals surface area contributed by atoms with E-state index < -0.39 is 5.97 Å². The molecule has 4 nitrogen and oxygen atoms in total. The second-order valence-corrected chi connectivity index (χ2v) is 6.21. The van der Waals surface area contributed by atoms with Crippen LogP contribution in [0.25, 0.3) is 0 Å². The summed E-state index contributed by atoms with van der Waals surface area (Å²) >= 11 is 0. The monoisotopic (exact) mass is 324 g/mol. The molecule has 0 saturated heterocycles. The molecule has 1 aliphatic carbocycles. The first-order chi connectivity index (χ1) is 11.6. The van der Waals surface area contributed by atoms with Crippen LogP contribution in [-0.4, -0.2) is 19.4 Å². The largest absolute Gasteiger partial charge is 0.488 e. The molecule has 2 aromatic rings. The van der Waals surface area contributed by atoms with E-state index in [2.05, 4.69) is 31.2 Å². The zero-order chi connectivity index (χ0) is 17.1. The van der Waals surface area contributed by atoms with Crippen molar-refractivity contribution in [3.8, 4) is 5.75 Å². The molecule has 2 atom stereocenters. The molecule has 0 radical (unpaired) electrons. The van der Waals surface area contributed by atoms with Crippen molar-refractivity contribution < 1.29 is 19.1 Å². The zero-order valence-corrected chi connectivity index (χ0v) is 13.8. The van der Waals surface area contributed by atoms with Gasteiger partial charge in [0.2, 0.25) is 0 Å². The van der Waals surface area contributed by atoms with Crippen LogP contribution in [0, 0.1) is 5.92 Å². The summed E-state index contributed by atoms with van der Waals surface area (Å²) in [6.45, 7) is 2.62. The predicted molar refractivity (Wildman–Crippen MR) is 90.5 cm³/mol. The van der Waals surface area contributed by atoms with Gasteiger partial charge in [-0.1, -0.05) is 31.2 Å². The van der Waals surface area contributed by atoms with Gasteiger partial charge < -0.3 is 9.47 Å². The maximum absolute atomic E-state index is 11.9. The van der Waals surface area contributed by atoms with Gasteiger partial charge >= 0.3 is 5.97 Å². The summed E-state index contributed by atoms with van der Waals surface area (Å²) in [5, 5.41) is 0. The molecule has 0 spiro atoms. The van der Waals surface area contributed by atoms with Gasteiger partial charge in [-0.3, -0.25) is 4.79 Å². The first-order valence-corrected chi connectivity index (χ1v) is 8.01. The number of carbonyl (C=O) groups is 2. The average Bonchev–Trinajstić information content (AvgIpc) is 3.36. The Bertz CT molecular complexity index is 749. The minimum absolute atomic E-state index is 0.255. The zero-order valence-electron chi connectivity index (χ0n) is 13.8. The molecule has 1 aliphatic rings. The fourth-order valence-electron chi connectivity index (χ4n) is 2.82. The van der Waals surface area contributed by atoms with E-state index in [1.165, 1.54) is 25.2 Å². The molecule has 0 aromatic heterocycles. The molecule has 1 fully saturated rings. The Morgan fingerprint density at radius 3 is 2.50 bits per heavy atom. The number of esters is 1. The molecule has 1 saturated carbocycles. The quantitative estimate of drug-likeness (QED) is 0.595. The summed E-state index contributed by atoms with van der Waals surface area (Å²) in [6, 6.07) is 13.1. The van der Waals surface area contributed by atoms with E-state index in [0.717, 1.165) is 11.5 Å². The molecular formula is C20H20O4. The Morgan fingerprint density at radius 2 is 1.92 bits per heavy atom. The van der Waals surface area contributed by atoms with E-state index >= 15 is 0 Å². The number of hydrogen-bond acceptors (Lipinski definition) is 4. The number of benzene rings is 2. The lowest BCUT2D eigenvalue weighted by atomic mass is 10.1. The van der Waals surface area contributed by atoms with Crippen LogP contribution in [-0.2, 0) is 11.3 Å². The van der Waals surface area contributed by atoms with Gasteiger partial charge in [0.15, 0.2) is 0 Å². The van der Waals surface area contributed by atoms with E-state index in [-0.39, 0.29) is 5.56 Å². The number of ether oxygens (including phenoxy) is 2. The van der Waals surface area contributed by atoms with Gasteiger partial charge in [0.1, 0.15) is 24.2 Å². The van der Waals surface area contributed by atoms with Crippen LogP contribution in [0.1, 0.15) is 51.1 Å². The van der Waals surface area contributed by atoms with Crippen molar-refractivity contribution in [3.63, 3.8) is 0 Å². The van der Waals surface area contributed by atoms with Crippen molar-refractivity contribution in [2.75, 3.05) is 7.11 Å². The predicted octanol–water partition coefficient (Wildman–Crippen LogP) is 3.99. The summed E-state index contributed by atoms with van der Waals surface area (Å²) in [5.41, 5.74) is 3.07. The van der Waals surface area contributed by atoms with Gasteiger partial charge in [-0.25, -0.2) is 4.79 Å². The summed E-state index contributed by atoms with van der Waals surface area (Å²) < 4.78 is 10.5. The van der Waals surface area contributed by atoms with E-state index in [1.54, 1.807) is 12.1 Å². The molecule has 3 rings (SSSR count). The Labute approximate surface area is 141 Å². The maximum atomic E-state index is 11.9. The van der Waals surface area contributed by atoms with Gasteiger partial charge in [0.25, 0.3) is 0 Å². The number of rotatable bonds is 6. The molecule has 1 unspecified atom stereocenters. The highest BCUT2D eigenvalue weighted by molar-refractivity contribution is 5.94. The molecule has 4 heteroatoms. The first kappa shape index (κ1) is 16.2. The van der Waals surface area contributed by atoms with E-state index in [9.17, 15) is 9.59 Å². The van der Waals surface area contributed by atoms with Crippen molar-refractivity contribution in [2.45, 2.75) is 25.9 Å². The van der Waals surface area contributed by atoms with Crippen LogP contribution < -0.4 is 4.74 Å². The minimum Gasteiger partial charge on any atom is -0.488 e. The van der Waals surface area contributed by atoms with Crippen LogP contribution in [0.2, 0.25) is 0 Å². The Hall–Kier alpha value is -2.62. The molecule has 0 aliphatic heterocycles. The summed E-state index contributed by atoms with van der Waals surface area (Å²) in [4.78, 5) is 22.7. The standard InChI is InChI=1S/C20H20O4/c1-13-9-17(13)16-6-3-14(4-7-16)12-24-19-8-5-15(11-21)10-18(19)20(22)23-2/h3-8,10-11,13,17H,9,12H2,1-2H3/t13?,17-/m0/s1. The van der Waals surface area contributed by atoms with Crippen molar-refractivity contribution >= 4 is 12.3 Å². The van der Waals surface area contributed by atoms with Gasteiger partial charge in [-0.15, -0.1) is 0 Å². The molecule has 124 valence electrons. The number of methoxy groups -OCH3 is 1. The molecular weight excluding hydrogens is 304 g/mol. The van der Waals surface area contributed by atoms with Gasteiger partial charge in [0, 0.05) is 5.56 Å². The third-order valence-corrected chi connectivity index (χ3v) is 4.46. The first-order valence-electron chi connectivity index (χ1n) is 8.01. The molecule has 0 amide bonds. The Morgan fingerprint density at radius 1 is 1.21 bits per heavy atom. The van der Waals surface area contributed by atoms with Crippen molar-refractivity contribution in [2.24, 2.45) is 5.92 Å². The van der Waals surface area contributed by atoms with Gasteiger partial charge in [0.05, 0.1) is 7.11 Å². The highest BCUT2D eigenvalue weighted by atomic mass is 16.5. The maximum Gasteiger partial charge on any atom is 0.341 e. The minimum atomic E-state index is -0.522. The van der Waals surface area contributed by atoms with E-state index in [1.807, 2.05) is 0 Å². The topological polar surface area (TPSA) is 52.6 Å². The SMILES string of the molecule is COC(=O)c1cc(C=O)ccc1OCc1ccc([C@H]2CC2C)cc1. The van der Waals surface area contributed by atoms with Crippen molar-refractivity contribution in [3.05, 3.63) is 64.7 Å². The Kier molecular flexibility index (Phi) is 4.65. The van der Waals surface area contributed by atoms with Crippen LogP contribution in [0.15, 0.2) is 42.5 Å². The normalized spacial score (nSPS) is 18.8. The highest BCUT2D eigenvalue weighted by Crippen LogP contribution is 2.46. The van der Waals surface area contributed by atoms with E-state index in [4.69, 9.17) is 9.47 Å². The molecule has 0 heterocycles. The lowest BCUT2D eigenvalue weighted by molar-refractivity contribution is 0.0595. The number of aldehydes is 1. The van der Waals surface area contributed by atoms with E-state index in [0.29, 0.717) is 30.1 Å². The van der Waals surface area contributed by atoms with Crippen LogP contribution in [0.3, 0.4) is 0 Å². The smallest absolute Gasteiger partial charge is 0.341 e. The molecule has 24 heavy (non-hydrogen) atoms. The van der Waals surface area contributed by atoms with Gasteiger partial charge in [-0.05, 0) is 47.6 Å². The van der Waals surface area contributed by atoms with Crippen LogP contribution >= 0.6 is 0 Å². The second kappa shape index (κ2) is 6.87. The number of carbonyl (C=O) groups excluding carboxylic acids is 2. The fourth-order valence-corrected chi connectivity index (χ4v) is 2.82. The second-order valence-electron chi connectivity index (χ2n) is 6.21. The van der Waals surface area contributed by atoms with Crippen LogP contribution in [0.4, 0.5) is 0 Å². The molecule has 0 bridgehead atoms. The lowest BCUT2D eigenvalue weighted by Crippen LogP contribution is -2.06. The fraction of sp³-hybridized carbons (Fsp3) is 0.300. The third-order valence-electron chi connectivity index (χ3n) is 4.46. The molecule has 2 aromatic carbocycles. The summed E-state index contributed by atoms with van der Waals surface area (Å²) in [7, 11) is 1.30. The van der Waals surface area contributed by atoms with Crippen molar-refractivity contribution in [1.29, 1.82) is 0 Å². The molecule has 0 N–H and O–H groups in total. The third kappa shape index (κ3) is 3.48. The Balaban J connectivity index is 1.71. The average molecular weight is 324 g/mol. The highest BCUT2D eigenvalue weighted by Gasteiger charge is 2.33. The summed E-state index contributed by atoms with van der Waals surface area (Å²) in [5.74, 6) is 1.37. The number of hydrogen-bond donors (Lipinski definition) is 0. The van der Waals surface area contributed by atoms with Crippen molar-refractivity contribution in [1.82, 2.24) is 0 Å². The van der Waals surface area contributed by atoms with Gasteiger partial charge in [-0.2, -0.15) is 0 Å². The van der Waals surface area contributed by atoms with Crippen LogP contribution in [0.5, 0.6) is 5.75 Å². The lowest BCUT2D eigenvalue weighted by Gasteiger charge is -2.11. The summed E-state index contributed by atoms with van der Waals surface area (Å²) in [6.07, 6.45) is 1.95.